The van der Waals surface area contributed by atoms with Gasteiger partial charge in [-0.3, -0.25) is 15.0 Å². The Morgan fingerprint density at radius 2 is 2.12 bits per heavy atom. The Balaban J connectivity index is 2.90. The van der Waals surface area contributed by atoms with Crippen molar-refractivity contribution in [3.05, 3.63) is 39.9 Å². The molecule has 1 aromatic carbocycles. The second-order valence-corrected chi connectivity index (χ2v) is 3.58. The zero-order valence-corrected chi connectivity index (χ0v) is 9.41. The van der Waals surface area contributed by atoms with E-state index >= 15 is 0 Å². The Morgan fingerprint density at radius 3 is 2.53 bits per heavy atom. The number of nitrogens with zero attached hydrogens (tertiary/aromatic N) is 3. The Kier molecular flexibility index (Phi) is 4.57. The average Bonchev–Trinajstić information content (AvgIpc) is 2.31. The second-order valence-electron chi connectivity index (χ2n) is 3.58. The van der Waals surface area contributed by atoms with E-state index in [1.165, 1.54) is 12.1 Å². The maximum absolute atomic E-state index is 10.5. The minimum absolute atomic E-state index is 0.00440. The molecule has 6 heteroatoms. The maximum Gasteiger partial charge on any atom is 0.269 e. The van der Waals surface area contributed by atoms with E-state index < -0.39 is 11.0 Å². The van der Waals surface area contributed by atoms with Gasteiger partial charge in [-0.25, -0.2) is 0 Å². The summed E-state index contributed by atoms with van der Waals surface area (Å²) < 4.78 is 0. The zero-order chi connectivity index (χ0) is 12.8. The maximum atomic E-state index is 10.5. The van der Waals surface area contributed by atoms with Gasteiger partial charge in [-0.2, -0.15) is 5.26 Å². The topological polar surface area (TPSA) is 90.4 Å². The summed E-state index contributed by atoms with van der Waals surface area (Å²) in [7, 11) is 1.71. The molecule has 1 atom stereocenters. The summed E-state index contributed by atoms with van der Waals surface area (Å²) in [6.07, 6.45) is 0. The van der Waals surface area contributed by atoms with Gasteiger partial charge in [-0.1, -0.05) is 0 Å². The van der Waals surface area contributed by atoms with Crippen LogP contribution in [0.2, 0.25) is 0 Å². The molecule has 17 heavy (non-hydrogen) atoms. The fraction of sp³-hybridized carbons (Fsp3) is 0.364. The lowest BCUT2D eigenvalue weighted by Crippen LogP contribution is -2.26. The molecule has 0 aliphatic carbocycles. The first-order valence-corrected chi connectivity index (χ1v) is 5.05. The number of nitro groups is 1. The average molecular weight is 235 g/mol. The van der Waals surface area contributed by atoms with E-state index in [0.29, 0.717) is 12.1 Å². The molecule has 0 spiro atoms. The number of non-ortho nitro benzene ring substituents is 1. The van der Waals surface area contributed by atoms with E-state index in [2.05, 4.69) is 6.07 Å². The van der Waals surface area contributed by atoms with Crippen LogP contribution in [-0.2, 0) is 0 Å². The normalized spacial score (nSPS) is 12.1. The number of likely N-dealkylation sites (N-methyl/N-ethyl adjacent to an activating group) is 1. The smallest absolute Gasteiger partial charge is 0.269 e. The summed E-state index contributed by atoms with van der Waals surface area (Å²) in [6.45, 7) is 0.330. The third-order valence-corrected chi connectivity index (χ3v) is 2.44. The van der Waals surface area contributed by atoms with Gasteiger partial charge in [-0.05, 0) is 24.7 Å². The third kappa shape index (κ3) is 3.24. The third-order valence-electron chi connectivity index (χ3n) is 2.44. The van der Waals surface area contributed by atoms with Crippen LogP contribution in [0.3, 0.4) is 0 Å². The van der Waals surface area contributed by atoms with Gasteiger partial charge in [0.1, 0.15) is 6.04 Å². The van der Waals surface area contributed by atoms with Gasteiger partial charge < -0.3 is 5.11 Å². The largest absolute Gasteiger partial charge is 0.395 e. The minimum Gasteiger partial charge on any atom is -0.395 e. The van der Waals surface area contributed by atoms with Gasteiger partial charge in [0, 0.05) is 18.7 Å². The lowest BCUT2D eigenvalue weighted by atomic mass is 10.1. The fourth-order valence-corrected chi connectivity index (χ4v) is 1.49. The molecule has 90 valence electrons. The highest BCUT2D eigenvalue weighted by atomic mass is 16.6. The molecule has 0 saturated heterocycles. The summed E-state index contributed by atoms with van der Waals surface area (Å²) in [5, 5.41) is 28.3. The molecule has 1 unspecified atom stereocenters. The van der Waals surface area contributed by atoms with Gasteiger partial charge in [0.2, 0.25) is 0 Å². The first kappa shape index (κ1) is 13.1. The van der Waals surface area contributed by atoms with E-state index in [4.69, 9.17) is 10.4 Å². The molecule has 0 bridgehead atoms. The number of aliphatic hydroxyl groups is 1. The quantitative estimate of drug-likeness (QED) is 0.609. The molecular weight excluding hydrogens is 222 g/mol. The van der Waals surface area contributed by atoms with Crippen LogP contribution < -0.4 is 0 Å². The molecule has 6 nitrogen and oxygen atoms in total. The van der Waals surface area contributed by atoms with Crippen molar-refractivity contribution in [3.8, 4) is 6.07 Å². The van der Waals surface area contributed by atoms with E-state index in [9.17, 15) is 10.1 Å². The summed E-state index contributed by atoms with van der Waals surface area (Å²) in [4.78, 5) is 11.7. The summed E-state index contributed by atoms with van der Waals surface area (Å²) in [6, 6.07) is 7.43. The predicted molar refractivity (Wildman–Crippen MR) is 61.2 cm³/mol. The van der Waals surface area contributed by atoms with Crippen LogP contribution in [0.15, 0.2) is 24.3 Å². The number of hydrogen-bond donors (Lipinski definition) is 1. The first-order chi connectivity index (χ1) is 8.10. The SMILES string of the molecule is CN(CCO)C(C#N)c1ccc([N+](=O)[O-])cc1. The lowest BCUT2D eigenvalue weighted by Gasteiger charge is -2.21. The van der Waals surface area contributed by atoms with Crippen molar-refractivity contribution < 1.29 is 10.0 Å². The van der Waals surface area contributed by atoms with Crippen molar-refractivity contribution in [1.82, 2.24) is 4.90 Å². The van der Waals surface area contributed by atoms with E-state index in [-0.39, 0.29) is 12.3 Å². The van der Waals surface area contributed by atoms with Gasteiger partial charge in [0.05, 0.1) is 17.6 Å². The molecule has 0 aliphatic heterocycles. The van der Waals surface area contributed by atoms with Gasteiger partial charge >= 0.3 is 0 Å². The zero-order valence-electron chi connectivity index (χ0n) is 9.41. The number of benzene rings is 1. The number of nitro benzene ring substituents is 1. The van der Waals surface area contributed by atoms with Crippen molar-refractivity contribution in [2.75, 3.05) is 20.2 Å². The van der Waals surface area contributed by atoms with Crippen LogP contribution >= 0.6 is 0 Å². The van der Waals surface area contributed by atoms with Crippen molar-refractivity contribution >= 4 is 5.69 Å². The molecule has 0 aromatic heterocycles. The van der Waals surface area contributed by atoms with Crippen LogP contribution in [0, 0.1) is 21.4 Å². The lowest BCUT2D eigenvalue weighted by molar-refractivity contribution is -0.384. The summed E-state index contributed by atoms with van der Waals surface area (Å²) in [5.74, 6) is 0. The highest BCUT2D eigenvalue weighted by molar-refractivity contribution is 5.35. The number of hydrogen-bond acceptors (Lipinski definition) is 5. The first-order valence-electron chi connectivity index (χ1n) is 5.05. The van der Waals surface area contributed by atoms with Crippen LogP contribution in [0.1, 0.15) is 11.6 Å². The van der Waals surface area contributed by atoms with Gasteiger partial charge in [0.15, 0.2) is 0 Å². The molecule has 0 heterocycles. The van der Waals surface area contributed by atoms with Crippen molar-refractivity contribution in [3.63, 3.8) is 0 Å². The summed E-state index contributed by atoms with van der Waals surface area (Å²) in [5.41, 5.74) is 0.671. The van der Waals surface area contributed by atoms with Crippen LogP contribution in [0.25, 0.3) is 0 Å². The molecule has 1 N–H and O–H groups in total. The Bertz CT molecular complexity index is 425. The fourth-order valence-electron chi connectivity index (χ4n) is 1.49. The molecule has 0 saturated carbocycles. The minimum atomic E-state index is -0.511. The molecule has 1 aromatic rings. The predicted octanol–water partition coefficient (Wildman–Crippen LogP) is 1.08. The highest BCUT2D eigenvalue weighted by Crippen LogP contribution is 2.21. The number of rotatable bonds is 5. The monoisotopic (exact) mass is 235 g/mol. The molecule has 0 aliphatic rings. The number of nitriles is 1. The van der Waals surface area contributed by atoms with Gasteiger partial charge in [-0.15, -0.1) is 0 Å². The second kappa shape index (κ2) is 5.94. The molecular formula is C11H13N3O3. The molecule has 1 rings (SSSR count). The van der Waals surface area contributed by atoms with Crippen LogP contribution in [0.4, 0.5) is 5.69 Å². The van der Waals surface area contributed by atoms with E-state index in [1.54, 1.807) is 24.1 Å². The standard InChI is InChI=1S/C11H13N3O3/c1-13(6-7-15)11(8-12)9-2-4-10(5-3-9)14(16)17/h2-5,11,15H,6-7H2,1H3. The van der Waals surface area contributed by atoms with Crippen LogP contribution in [-0.4, -0.2) is 35.1 Å². The van der Waals surface area contributed by atoms with E-state index in [1.807, 2.05) is 0 Å². The van der Waals surface area contributed by atoms with E-state index in [0.717, 1.165) is 0 Å². The van der Waals surface area contributed by atoms with Crippen LogP contribution in [0.5, 0.6) is 0 Å². The Morgan fingerprint density at radius 1 is 1.53 bits per heavy atom. The molecule has 0 fully saturated rings. The van der Waals surface area contributed by atoms with Crippen molar-refractivity contribution in [2.24, 2.45) is 0 Å². The van der Waals surface area contributed by atoms with Gasteiger partial charge in [0.25, 0.3) is 5.69 Å². The Labute approximate surface area is 98.9 Å². The number of aliphatic hydroxyl groups excluding tert-OH is 1. The summed E-state index contributed by atoms with van der Waals surface area (Å²) >= 11 is 0. The highest BCUT2D eigenvalue weighted by Gasteiger charge is 2.16. The Hall–Kier alpha value is -1.97. The van der Waals surface area contributed by atoms with Crippen molar-refractivity contribution in [2.45, 2.75) is 6.04 Å². The van der Waals surface area contributed by atoms with Crippen molar-refractivity contribution in [1.29, 1.82) is 5.26 Å². The molecule has 0 amide bonds. The molecule has 0 radical (unpaired) electrons.